The zero-order valence-electron chi connectivity index (χ0n) is 12.2. The Morgan fingerprint density at radius 3 is 2.14 bits per heavy atom. The molecular weight excluding hydrogens is 305 g/mol. The van der Waals surface area contributed by atoms with Crippen LogP contribution in [0, 0.1) is 0 Å². The minimum Gasteiger partial charge on any atom is -0.275 e. The quantitative estimate of drug-likeness (QED) is 0.628. The van der Waals surface area contributed by atoms with E-state index >= 15 is 0 Å². The van der Waals surface area contributed by atoms with Crippen molar-refractivity contribution in [2.24, 2.45) is 5.10 Å². The van der Waals surface area contributed by atoms with Gasteiger partial charge in [-0.05, 0) is 16.5 Å². The molecule has 5 heteroatoms. The number of nitrogens with one attached hydrogen (secondary N) is 1. The monoisotopic (exact) mass is 321 g/mol. The van der Waals surface area contributed by atoms with Crippen molar-refractivity contribution in [1.82, 2.24) is 4.98 Å². The molecule has 0 aliphatic rings. The molecule has 0 amide bonds. The highest BCUT2D eigenvalue weighted by Gasteiger charge is 2.12. The molecule has 1 aromatic carbocycles. The number of hydrogen-bond donors (Lipinski definition) is 1. The molecule has 2 aromatic rings. The van der Waals surface area contributed by atoms with Gasteiger partial charge in [0, 0.05) is 12.4 Å². The van der Waals surface area contributed by atoms with Crippen molar-refractivity contribution in [3.8, 4) is 0 Å². The van der Waals surface area contributed by atoms with E-state index < -0.39 is 0 Å². The van der Waals surface area contributed by atoms with Crippen molar-refractivity contribution in [2.75, 3.05) is 5.43 Å². The zero-order valence-corrected chi connectivity index (χ0v) is 13.7. The summed E-state index contributed by atoms with van der Waals surface area (Å²) >= 11 is 12.0. The minimum atomic E-state index is 0.145. The summed E-state index contributed by atoms with van der Waals surface area (Å²) in [6, 6.07) is 8.27. The molecule has 0 saturated heterocycles. The van der Waals surface area contributed by atoms with Gasteiger partial charge in [0.1, 0.15) is 0 Å². The molecule has 1 heterocycles. The number of rotatable bonds is 3. The van der Waals surface area contributed by atoms with Crippen LogP contribution in [-0.2, 0) is 5.41 Å². The second-order valence-electron chi connectivity index (χ2n) is 5.72. The van der Waals surface area contributed by atoms with Crippen molar-refractivity contribution >= 4 is 35.1 Å². The van der Waals surface area contributed by atoms with Crippen LogP contribution in [-0.4, -0.2) is 11.2 Å². The second-order valence-corrected chi connectivity index (χ2v) is 6.53. The Balaban J connectivity index is 2.08. The molecule has 3 nitrogen and oxygen atoms in total. The van der Waals surface area contributed by atoms with Gasteiger partial charge < -0.3 is 0 Å². The first-order valence-corrected chi connectivity index (χ1v) is 7.32. The topological polar surface area (TPSA) is 37.3 Å². The SMILES string of the molecule is CC(C)(C)c1ccc(/C=N\Nc2c(Cl)cncc2Cl)cc1. The fourth-order valence-corrected chi connectivity index (χ4v) is 2.21. The third kappa shape index (κ3) is 4.19. The summed E-state index contributed by atoms with van der Waals surface area (Å²) < 4.78 is 0. The lowest BCUT2D eigenvalue weighted by Gasteiger charge is -2.18. The molecule has 1 N–H and O–H groups in total. The first-order chi connectivity index (χ1) is 9.88. The smallest absolute Gasteiger partial charge is 0.0965 e. The van der Waals surface area contributed by atoms with Crippen molar-refractivity contribution in [1.29, 1.82) is 0 Å². The van der Waals surface area contributed by atoms with E-state index in [1.165, 1.54) is 18.0 Å². The Labute approximate surface area is 135 Å². The Morgan fingerprint density at radius 2 is 1.62 bits per heavy atom. The van der Waals surface area contributed by atoms with Gasteiger partial charge in [-0.1, -0.05) is 68.2 Å². The van der Waals surface area contributed by atoms with E-state index in [-0.39, 0.29) is 5.41 Å². The molecule has 0 aliphatic carbocycles. The summed E-state index contributed by atoms with van der Waals surface area (Å²) in [7, 11) is 0. The Kier molecular flexibility index (Phi) is 4.86. The van der Waals surface area contributed by atoms with Crippen LogP contribution in [0.5, 0.6) is 0 Å². The first-order valence-electron chi connectivity index (χ1n) is 6.56. The van der Waals surface area contributed by atoms with Crippen LogP contribution in [0.4, 0.5) is 5.69 Å². The molecule has 21 heavy (non-hydrogen) atoms. The van der Waals surface area contributed by atoms with E-state index in [0.717, 1.165) is 5.56 Å². The van der Waals surface area contributed by atoms with Crippen LogP contribution in [0.3, 0.4) is 0 Å². The molecule has 2 rings (SSSR count). The van der Waals surface area contributed by atoms with Gasteiger partial charge in [0.25, 0.3) is 0 Å². The van der Waals surface area contributed by atoms with E-state index in [2.05, 4.69) is 48.4 Å². The number of aromatic nitrogens is 1. The van der Waals surface area contributed by atoms with Crippen LogP contribution in [0.15, 0.2) is 41.8 Å². The van der Waals surface area contributed by atoms with Gasteiger partial charge in [-0.2, -0.15) is 5.10 Å². The van der Waals surface area contributed by atoms with Crippen LogP contribution >= 0.6 is 23.2 Å². The summed E-state index contributed by atoms with van der Waals surface area (Å²) in [4.78, 5) is 3.89. The lowest BCUT2D eigenvalue weighted by molar-refractivity contribution is 0.590. The van der Waals surface area contributed by atoms with Crippen molar-refractivity contribution in [2.45, 2.75) is 26.2 Å². The van der Waals surface area contributed by atoms with E-state index in [1.54, 1.807) is 6.21 Å². The highest BCUT2D eigenvalue weighted by atomic mass is 35.5. The number of hydrogen-bond acceptors (Lipinski definition) is 3. The largest absolute Gasteiger partial charge is 0.275 e. The summed E-state index contributed by atoms with van der Waals surface area (Å²) in [6.07, 6.45) is 4.76. The Morgan fingerprint density at radius 1 is 1.05 bits per heavy atom. The predicted molar refractivity (Wildman–Crippen MR) is 90.6 cm³/mol. The number of halogens is 2. The average Bonchev–Trinajstić information content (AvgIpc) is 2.42. The summed E-state index contributed by atoms with van der Waals surface area (Å²) in [5.41, 5.74) is 5.82. The maximum absolute atomic E-state index is 6.00. The predicted octanol–water partition coefficient (Wildman–Crippen LogP) is 5.13. The van der Waals surface area contributed by atoms with Gasteiger partial charge in [0.15, 0.2) is 0 Å². The first kappa shape index (κ1) is 15.8. The van der Waals surface area contributed by atoms with Gasteiger partial charge in [0.2, 0.25) is 0 Å². The Hall–Kier alpha value is -1.58. The molecular formula is C16H17Cl2N3. The van der Waals surface area contributed by atoms with Gasteiger partial charge in [-0.25, -0.2) is 0 Å². The van der Waals surface area contributed by atoms with Gasteiger partial charge in [-0.15, -0.1) is 0 Å². The molecule has 0 spiro atoms. The van der Waals surface area contributed by atoms with Crippen molar-refractivity contribution < 1.29 is 0 Å². The molecule has 0 bridgehead atoms. The normalized spacial score (nSPS) is 11.9. The van der Waals surface area contributed by atoms with Gasteiger partial charge >= 0.3 is 0 Å². The van der Waals surface area contributed by atoms with Crippen LogP contribution in [0.2, 0.25) is 10.0 Å². The van der Waals surface area contributed by atoms with Crippen LogP contribution in [0.25, 0.3) is 0 Å². The molecule has 110 valence electrons. The van der Waals surface area contributed by atoms with E-state index in [9.17, 15) is 0 Å². The maximum atomic E-state index is 6.00. The van der Waals surface area contributed by atoms with Crippen molar-refractivity contribution in [3.63, 3.8) is 0 Å². The summed E-state index contributed by atoms with van der Waals surface area (Å²) in [5.74, 6) is 0. The highest BCUT2D eigenvalue weighted by Crippen LogP contribution is 2.28. The lowest BCUT2D eigenvalue weighted by atomic mass is 9.87. The van der Waals surface area contributed by atoms with E-state index in [0.29, 0.717) is 15.7 Å². The number of pyridine rings is 1. The second kappa shape index (κ2) is 6.46. The molecule has 0 atom stereocenters. The minimum absolute atomic E-state index is 0.145. The summed E-state index contributed by atoms with van der Waals surface area (Å²) in [5, 5.41) is 5.02. The standard InChI is InChI=1S/C16H17Cl2N3/c1-16(2,3)12-6-4-11(5-7-12)8-20-21-15-13(17)9-19-10-14(15)18/h4-10H,1-3H3,(H,19,21)/b20-8-. The van der Waals surface area contributed by atoms with Gasteiger partial charge in [-0.3, -0.25) is 10.4 Å². The highest BCUT2D eigenvalue weighted by molar-refractivity contribution is 6.38. The lowest BCUT2D eigenvalue weighted by Crippen LogP contribution is -2.10. The van der Waals surface area contributed by atoms with Gasteiger partial charge in [0.05, 0.1) is 21.9 Å². The average molecular weight is 322 g/mol. The number of anilines is 1. The van der Waals surface area contributed by atoms with Crippen LogP contribution < -0.4 is 5.43 Å². The van der Waals surface area contributed by atoms with Crippen molar-refractivity contribution in [3.05, 3.63) is 57.8 Å². The number of hydrazone groups is 1. The molecule has 0 radical (unpaired) electrons. The number of nitrogens with zero attached hydrogens (tertiary/aromatic N) is 2. The molecule has 0 aliphatic heterocycles. The summed E-state index contributed by atoms with van der Waals surface area (Å²) in [6.45, 7) is 6.56. The third-order valence-corrected chi connectivity index (χ3v) is 3.59. The third-order valence-electron chi connectivity index (χ3n) is 3.02. The van der Waals surface area contributed by atoms with E-state index in [1.807, 2.05) is 12.1 Å². The maximum Gasteiger partial charge on any atom is 0.0965 e. The fourth-order valence-electron chi connectivity index (χ4n) is 1.76. The fraction of sp³-hybridized carbons (Fsp3) is 0.250. The molecule has 0 saturated carbocycles. The molecule has 0 unspecified atom stereocenters. The molecule has 1 aromatic heterocycles. The Bertz CT molecular complexity index is 623. The zero-order chi connectivity index (χ0) is 15.5. The van der Waals surface area contributed by atoms with E-state index in [4.69, 9.17) is 23.2 Å². The van der Waals surface area contributed by atoms with Crippen LogP contribution in [0.1, 0.15) is 31.9 Å². The number of benzene rings is 1. The molecule has 0 fully saturated rings.